The van der Waals surface area contributed by atoms with Gasteiger partial charge in [0.2, 0.25) is 5.91 Å². The Kier molecular flexibility index (Phi) is 5.29. The van der Waals surface area contributed by atoms with Gasteiger partial charge in [0, 0.05) is 18.9 Å². The van der Waals surface area contributed by atoms with Crippen LogP contribution in [-0.2, 0) is 11.2 Å². The zero-order valence-electron chi connectivity index (χ0n) is 14.1. The molecule has 1 aliphatic rings. The smallest absolute Gasteiger partial charge is 0.353 e. The third-order valence-electron chi connectivity index (χ3n) is 4.75. The van der Waals surface area contributed by atoms with Crippen molar-refractivity contribution in [3.05, 3.63) is 40.4 Å². The van der Waals surface area contributed by atoms with Gasteiger partial charge in [-0.15, -0.1) is 0 Å². The van der Waals surface area contributed by atoms with Gasteiger partial charge in [-0.25, -0.2) is 4.98 Å². The number of para-hydroxylation sites is 1. The second-order valence-electron chi connectivity index (χ2n) is 6.70. The summed E-state index contributed by atoms with van der Waals surface area (Å²) in [5.74, 6) is -1.28. The van der Waals surface area contributed by atoms with Crippen molar-refractivity contribution in [2.24, 2.45) is 5.92 Å². The van der Waals surface area contributed by atoms with Crippen molar-refractivity contribution in [3.63, 3.8) is 0 Å². The molecule has 1 fully saturated rings. The summed E-state index contributed by atoms with van der Waals surface area (Å²) in [6.45, 7) is 0. The standard InChI is InChI=1S/C18H20F3N3O2/c19-18(20,21)11-4-3-5-12(10-11)22-16(25)9-8-15-23-14-7-2-1-6-13(14)17(26)24-15/h1-2,6-7,11-12H,3-5,8-10H2,(H,22,25)(H,23,24,26)/t11-,12-/m1/s1. The highest BCUT2D eigenvalue weighted by Crippen LogP contribution is 2.37. The highest BCUT2D eigenvalue weighted by molar-refractivity contribution is 5.78. The summed E-state index contributed by atoms with van der Waals surface area (Å²) in [4.78, 5) is 31.0. The van der Waals surface area contributed by atoms with Crippen molar-refractivity contribution in [1.29, 1.82) is 0 Å². The quantitative estimate of drug-likeness (QED) is 0.872. The fraction of sp³-hybridized carbons (Fsp3) is 0.500. The van der Waals surface area contributed by atoms with Gasteiger partial charge in [0.1, 0.15) is 5.82 Å². The number of nitrogens with zero attached hydrogens (tertiary/aromatic N) is 1. The predicted molar refractivity (Wildman–Crippen MR) is 90.6 cm³/mol. The minimum absolute atomic E-state index is 0.0640. The molecule has 0 bridgehead atoms. The molecule has 1 aromatic carbocycles. The first-order chi connectivity index (χ1) is 12.3. The van der Waals surface area contributed by atoms with Crippen LogP contribution >= 0.6 is 0 Å². The van der Waals surface area contributed by atoms with Crippen LogP contribution in [0.1, 0.15) is 37.9 Å². The Morgan fingerprint density at radius 1 is 1.27 bits per heavy atom. The summed E-state index contributed by atoms with van der Waals surface area (Å²) in [7, 11) is 0. The van der Waals surface area contributed by atoms with Crippen LogP contribution < -0.4 is 10.9 Å². The molecular formula is C18H20F3N3O2. The largest absolute Gasteiger partial charge is 0.391 e. The lowest BCUT2D eigenvalue weighted by atomic mass is 9.85. The van der Waals surface area contributed by atoms with Crippen molar-refractivity contribution in [2.75, 3.05) is 0 Å². The Labute approximate surface area is 148 Å². The van der Waals surface area contributed by atoms with Crippen molar-refractivity contribution < 1.29 is 18.0 Å². The topological polar surface area (TPSA) is 74.8 Å². The van der Waals surface area contributed by atoms with Crippen LogP contribution in [0.3, 0.4) is 0 Å². The number of alkyl halides is 3. The maximum Gasteiger partial charge on any atom is 0.391 e. The van der Waals surface area contributed by atoms with Gasteiger partial charge in [-0.2, -0.15) is 13.2 Å². The number of hydrogen-bond donors (Lipinski definition) is 2. The molecule has 140 valence electrons. The van der Waals surface area contributed by atoms with Gasteiger partial charge in [0.15, 0.2) is 0 Å². The number of halogens is 3. The molecule has 1 saturated carbocycles. The van der Waals surface area contributed by atoms with Crippen molar-refractivity contribution in [3.8, 4) is 0 Å². The van der Waals surface area contributed by atoms with Gasteiger partial charge in [0.25, 0.3) is 5.56 Å². The van der Waals surface area contributed by atoms with Gasteiger partial charge in [-0.3, -0.25) is 9.59 Å². The van der Waals surface area contributed by atoms with Crippen LogP contribution in [0, 0.1) is 5.92 Å². The van der Waals surface area contributed by atoms with Gasteiger partial charge >= 0.3 is 6.18 Å². The highest BCUT2D eigenvalue weighted by atomic mass is 19.4. The van der Waals surface area contributed by atoms with Gasteiger partial charge in [0.05, 0.1) is 16.8 Å². The molecule has 0 aliphatic heterocycles. The number of aryl methyl sites for hydroxylation is 1. The lowest BCUT2D eigenvalue weighted by Crippen LogP contribution is -2.41. The molecule has 2 N–H and O–H groups in total. The van der Waals surface area contributed by atoms with Crippen molar-refractivity contribution in [2.45, 2.75) is 50.7 Å². The molecule has 26 heavy (non-hydrogen) atoms. The predicted octanol–water partition coefficient (Wildman–Crippen LogP) is 3.09. The van der Waals surface area contributed by atoms with Crippen LogP contribution in [-0.4, -0.2) is 28.1 Å². The number of amides is 1. The molecule has 0 radical (unpaired) electrons. The van der Waals surface area contributed by atoms with E-state index in [1.54, 1.807) is 24.3 Å². The van der Waals surface area contributed by atoms with E-state index >= 15 is 0 Å². The Morgan fingerprint density at radius 3 is 2.81 bits per heavy atom. The highest BCUT2D eigenvalue weighted by Gasteiger charge is 2.42. The number of carbonyl (C=O) groups excluding carboxylic acids is 1. The number of aromatic amines is 1. The second kappa shape index (κ2) is 7.47. The molecule has 2 aromatic rings. The summed E-state index contributed by atoms with van der Waals surface area (Å²) in [5.41, 5.74) is 0.276. The van der Waals surface area contributed by atoms with E-state index in [-0.39, 0.29) is 37.1 Å². The van der Waals surface area contributed by atoms with E-state index in [1.807, 2.05) is 0 Å². The van der Waals surface area contributed by atoms with Gasteiger partial charge in [-0.05, 0) is 31.4 Å². The first kappa shape index (κ1) is 18.4. The number of fused-ring (bicyclic) bond motifs is 1. The SMILES string of the molecule is O=C(CCc1nc2ccccc2c(=O)[nH]1)N[C@@H]1CCC[C@@H](C(F)(F)F)C1. The third-order valence-corrected chi connectivity index (χ3v) is 4.75. The second-order valence-corrected chi connectivity index (χ2v) is 6.70. The number of nitrogens with one attached hydrogen (secondary N) is 2. The van der Waals surface area contributed by atoms with E-state index in [2.05, 4.69) is 15.3 Å². The van der Waals surface area contributed by atoms with Gasteiger partial charge < -0.3 is 10.3 Å². The lowest BCUT2D eigenvalue weighted by Gasteiger charge is -2.31. The summed E-state index contributed by atoms with van der Waals surface area (Å²) in [6.07, 6.45) is -2.86. The van der Waals surface area contributed by atoms with E-state index in [1.165, 1.54) is 0 Å². The number of aromatic nitrogens is 2. The fourth-order valence-corrected chi connectivity index (χ4v) is 3.40. The number of benzene rings is 1. The van der Waals surface area contributed by atoms with Gasteiger partial charge in [-0.1, -0.05) is 18.6 Å². The Hall–Kier alpha value is -2.38. The molecule has 0 saturated heterocycles. The summed E-state index contributed by atoms with van der Waals surface area (Å²) in [6, 6.07) is 6.44. The van der Waals surface area contributed by atoms with E-state index in [4.69, 9.17) is 0 Å². The van der Waals surface area contributed by atoms with Crippen molar-refractivity contribution in [1.82, 2.24) is 15.3 Å². The van der Waals surface area contributed by atoms with Crippen LogP contribution in [0.2, 0.25) is 0 Å². The molecule has 1 heterocycles. The molecule has 1 aromatic heterocycles. The maximum absolute atomic E-state index is 12.8. The van der Waals surface area contributed by atoms with Crippen LogP contribution in [0.4, 0.5) is 13.2 Å². The average molecular weight is 367 g/mol. The zero-order valence-corrected chi connectivity index (χ0v) is 14.1. The molecule has 8 heteroatoms. The first-order valence-corrected chi connectivity index (χ1v) is 8.67. The number of H-pyrrole nitrogens is 1. The van der Waals surface area contributed by atoms with E-state index in [0.29, 0.717) is 29.6 Å². The van der Waals surface area contributed by atoms with Crippen molar-refractivity contribution >= 4 is 16.8 Å². The molecule has 5 nitrogen and oxygen atoms in total. The van der Waals surface area contributed by atoms with E-state index < -0.39 is 18.1 Å². The Bertz CT molecular complexity index is 847. The summed E-state index contributed by atoms with van der Waals surface area (Å²) >= 11 is 0. The average Bonchev–Trinajstić information content (AvgIpc) is 2.59. The van der Waals surface area contributed by atoms with Crippen LogP contribution in [0.25, 0.3) is 10.9 Å². The Morgan fingerprint density at radius 2 is 2.04 bits per heavy atom. The first-order valence-electron chi connectivity index (χ1n) is 8.67. The number of hydrogen-bond acceptors (Lipinski definition) is 3. The molecule has 0 spiro atoms. The minimum atomic E-state index is -4.21. The van der Waals surface area contributed by atoms with Crippen LogP contribution in [0.15, 0.2) is 29.1 Å². The molecule has 3 rings (SSSR count). The molecule has 2 atom stereocenters. The van der Waals surface area contributed by atoms with Crippen LogP contribution in [0.5, 0.6) is 0 Å². The van der Waals surface area contributed by atoms with E-state index in [0.717, 1.165) is 0 Å². The Balaban J connectivity index is 1.57. The number of rotatable bonds is 4. The monoisotopic (exact) mass is 367 g/mol. The fourth-order valence-electron chi connectivity index (χ4n) is 3.40. The number of carbonyl (C=O) groups is 1. The lowest BCUT2D eigenvalue weighted by molar-refractivity contribution is -0.184. The summed E-state index contributed by atoms with van der Waals surface area (Å²) < 4.78 is 38.5. The zero-order chi connectivity index (χ0) is 18.7. The summed E-state index contributed by atoms with van der Waals surface area (Å²) in [5, 5.41) is 3.16. The third kappa shape index (κ3) is 4.42. The minimum Gasteiger partial charge on any atom is -0.353 e. The molecule has 0 unspecified atom stereocenters. The maximum atomic E-state index is 12.8. The molecule has 1 amide bonds. The molecular weight excluding hydrogens is 347 g/mol. The molecule has 1 aliphatic carbocycles. The normalized spacial score (nSPS) is 20.9. The van der Waals surface area contributed by atoms with E-state index in [9.17, 15) is 22.8 Å².